The van der Waals surface area contributed by atoms with E-state index in [-0.39, 0.29) is 5.54 Å². The summed E-state index contributed by atoms with van der Waals surface area (Å²) in [5.41, 5.74) is 6.27. The average Bonchev–Trinajstić information content (AvgIpc) is 1.63. The monoisotopic (exact) mass is 131 g/mol. The zero-order valence-electron chi connectivity index (χ0n) is 6.71. The summed E-state index contributed by atoms with van der Waals surface area (Å²) in [5.74, 6) is 0. The van der Waals surface area contributed by atoms with Crippen LogP contribution in [0.5, 0.6) is 0 Å². The van der Waals surface area contributed by atoms with E-state index in [0.29, 0.717) is 0 Å². The van der Waals surface area contributed by atoms with Crippen molar-refractivity contribution in [2.24, 2.45) is 0 Å². The standard InChI is InChI=1S/C6H17N3/c1-6(2,3)9-8-5-7-4/h7-9H,5H2,1-4H3. The predicted molar refractivity (Wildman–Crippen MR) is 40.0 cm³/mol. The summed E-state index contributed by atoms with van der Waals surface area (Å²) < 4.78 is 0. The zero-order valence-corrected chi connectivity index (χ0v) is 6.71. The van der Waals surface area contributed by atoms with Crippen molar-refractivity contribution in [2.75, 3.05) is 13.7 Å². The molecule has 3 N–H and O–H groups in total. The Kier molecular flexibility index (Phi) is 3.77. The lowest BCUT2D eigenvalue weighted by Crippen LogP contribution is -2.48. The van der Waals surface area contributed by atoms with Gasteiger partial charge in [-0.3, -0.25) is 5.43 Å². The number of hydrogen-bond donors (Lipinski definition) is 3. The molecule has 0 heterocycles. The molecule has 3 nitrogen and oxygen atoms in total. The summed E-state index contributed by atoms with van der Waals surface area (Å²) in [5, 5.41) is 2.97. The first-order valence-corrected chi connectivity index (χ1v) is 3.21. The van der Waals surface area contributed by atoms with E-state index < -0.39 is 0 Å². The summed E-state index contributed by atoms with van der Waals surface area (Å²) in [6, 6.07) is 0. The molecule has 0 aliphatic carbocycles. The maximum Gasteiger partial charge on any atom is 0.0587 e. The molecule has 0 fully saturated rings. The molecule has 0 saturated carbocycles. The Hall–Kier alpha value is -0.120. The Morgan fingerprint density at radius 1 is 1.22 bits per heavy atom. The minimum Gasteiger partial charge on any atom is -0.307 e. The highest BCUT2D eigenvalue weighted by Gasteiger charge is 2.05. The highest BCUT2D eigenvalue weighted by Crippen LogP contribution is 1.94. The van der Waals surface area contributed by atoms with Gasteiger partial charge in [0, 0.05) is 5.54 Å². The van der Waals surface area contributed by atoms with Gasteiger partial charge < -0.3 is 5.32 Å². The third kappa shape index (κ3) is 7.88. The van der Waals surface area contributed by atoms with E-state index in [4.69, 9.17) is 0 Å². The quantitative estimate of drug-likeness (QED) is 0.288. The van der Waals surface area contributed by atoms with Gasteiger partial charge in [-0.2, -0.15) is 0 Å². The SMILES string of the molecule is CNCNNC(C)(C)C. The molecule has 9 heavy (non-hydrogen) atoms. The van der Waals surface area contributed by atoms with E-state index in [1.54, 1.807) is 0 Å². The van der Waals surface area contributed by atoms with Crippen LogP contribution in [0.3, 0.4) is 0 Å². The lowest BCUT2D eigenvalue weighted by Gasteiger charge is -2.20. The van der Waals surface area contributed by atoms with Crippen LogP contribution in [0.2, 0.25) is 0 Å². The van der Waals surface area contributed by atoms with Crippen LogP contribution in [0.25, 0.3) is 0 Å². The smallest absolute Gasteiger partial charge is 0.0587 e. The maximum atomic E-state index is 3.11. The molecule has 0 atom stereocenters. The largest absolute Gasteiger partial charge is 0.307 e. The Labute approximate surface area is 57.2 Å². The number of hydrazine groups is 1. The average molecular weight is 131 g/mol. The Bertz CT molecular complexity index is 65.2. The van der Waals surface area contributed by atoms with Crippen LogP contribution in [0.1, 0.15) is 20.8 Å². The second-order valence-electron chi connectivity index (χ2n) is 3.08. The molecule has 0 aromatic carbocycles. The second kappa shape index (κ2) is 3.82. The molecule has 56 valence electrons. The minimum absolute atomic E-state index is 0.150. The van der Waals surface area contributed by atoms with Crippen LogP contribution in [-0.4, -0.2) is 19.3 Å². The van der Waals surface area contributed by atoms with Crippen LogP contribution in [0.15, 0.2) is 0 Å². The summed E-state index contributed by atoms with van der Waals surface area (Å²) >= 11 is 0. The summed E-state index contributed by atoms with van der Waals surface area (Å²) in [6.45, 7) is 7.11. The summed E-state index contributed by atoms with van der Waals surface area (Å²) in [4.78, 5) is 0. The lowest BCUT2D eigenvalue weighted by atomic mass is 10.1. The molecular weight excluding hydrogens is 114 g/mol. The fourth-order valence-electron chi connectivity index (χ4n) is 0.398. The van der Waals surface area contributed by atoms with Crippen molar-refractivity contribution in [3.05, 3.63) is 0 Å². The lowest BCUT2D eigenvalue weighted by molar-refractivity contribution is 0.351. The molecule has 0 rings (SSSR count). The highest BCUT2D eigenvalue weighted by atomic mass is 15.4. The maximum absolute atomic E-state index is 3.11. The molecule has 0 aromatic rings. The van der Waals surface area contributed by atoms with Crippen LogP contribution < -0.4 is 16.2 Å². The van der Waals surface area contributed by atoms with Crippen molar-refractivity contribution in [1.82, 2.24) is 16.2 Å². The van der Waals surface area contributed by atoms with E-state index in [9.17, 15) is 0 Å². The molecule has 0 unspecified atom stereocenters. The number of nitrogens with one attached hydrogen (secondary N) is 3. The number of hydrogen-bond acceptors (Lipinski definition) is 3. The van der Waals surface area contributed by atoms with Gasteiger partial charge in [-0.25, -0.2) is 5.43 Å². The van der Waals surface area contributed by atoms with Crippen molar-refractivity contribution < 1.29 is 0 Å². The van der Waals surface area contributed by atoms with Gasteiger partial charge in [0.2, 0.25) is 0 Å². The molecule has 0 aliphatic rings. The molecule has 0 aliphatic heterocycles. The van der Waals surface area contributed by atoms with Gasteiger partial charge in [-0.15, -0.1) is 0 Å². The van der Waals surface area contributed by atoms with E-state index >= 15 is 0 Å². The van der Waals surface area contributed by atoms with Crippen LogP contribution in [0, 0.1) is 0 Å². The Morgan fingerprint density at radius 2 is 1.78 bits per heavy atom. The van der Waals surface area contributed by atoms with Crippen molar-refractivity contribution in [1.29, 1.82) is 0 Å². The molecule has 0 bridgehead atoms. The first-order chi connectivity index (χ1) is 4.06. The molecule has 0 amide bonds. The summed E-state index contributed by atoms with van der Waals surface area (Å²) in [6.07, 6.45) is 0. The fraction of sp³-hybridized carbons (Fsp3) is 1.00. The van der Waals surface area contributed by atoms with Crippen LogP contribution in [0.4, 0.5) is 0 Å². The van der Waals surface area contributed by atoms with Gasteiger partial charge in [0.15, 0.2) is 0 Å². The Morgan fingerprint density at radius 3 is 2.11 bits per heavy atom. The molecule has 0 radical (unpaired) electrons. The Balaban J connectivity index is 3.07. The van der Waals surface area contributed by atoms with Crippen molar-refractivity contribution in [2.45, 2.75) is 26.3 Å². The van der Waals surface area contributed by atoms with Gasteiger partial charge >= 0.3 is 0 Å². The second-order valence-corrected chi connectivity index (χ2v) is 3.08. The fourth-order valence-corrected chi connectivity index (χ4v) is 0.398. The molecule has 0 spiro atoms. The van der Waals surface area contributed by atoms with Gasteiger partial charge in [-0.05, 0) is 27.8 Å². The molecular formula is C6H17N3. The van der Waals surface area contributed by atoms with Gasteiger partial charge in [0.1, 0.15) is 0 Å². The minimum atomic E-state index is 0.150. The third-order valence-corrected chi connectivity index (χ3v) is 0.729. The predicted octanol–water partition coefficient (Wildman–Crippen LogP) is 0.0560. The highest BCUT2D eigenvalue weighted by molar-refractivity contribution is 4.65. The number of rotatable bonds is 3. The zero-order chi connectivity index (χ0) is 7.33. The summed E-state index contributed by atoms with van der Waals surface area (Å²) in [7, 11) is 1.90. The molecule has 0 saturated heterocycles. The van der Waals surface area contributed by atoms with Crippen LogP contribution >= 0.6 is 0 Å². The molecule has 3 heteroatoms. The third-order valence-electron chi connectivity index (χ3n) is 0.729. The normalized spacial score (nSPS) is 12.0. The van der Waals surface area contributed by atoms with E-state index in [1.807, 2.05) is 7.05 Å². The van der Waals surface area contributed by atoms with Crippen molar-refractivity contribution in [3.63, 3.8) is 0 Å². The topological polar surface area (TPSA) is 36.1 Å². The van der Waals surface area contributed by atoms with Crippen LogP contribution in [-0.2, 0) is 0 Å². The van der Waals surface area contributed by atoms with Crippen molar-refractivity contribution in [3.8, 4) is 0 Å². The first kappa shape index (κ1) is 8.88. The van der Waals surface area contributed by atoms with E-state index in [2.05, 4.69) is 36.9 Å². The van der Waals surface area contributed by atoms with Gasteiger partial charge in [0.05, 0.1) is 6.67 Å². The van der Waals surface area contributed by atoms with Crippen molar-refractivity contribution >= 4 is 0 Å². The molecule has 0 aromatic heterocycles. The van der Waals surface area contributed by atoms with Gasteiger partial charge in [-0.1, -0.05) is 0 Å². The van der Waals surface area contributed by atoms with E-state index in [1.165, 1.54) is 0 Å². The van der Waals surface area contributed by atoms with E-state index in [0.717, 1.165) is 6.67 Å². The first-order valence-electron chi connectivity index (χ1n) is 3.21. The van der Waals surface area contributed by atoms with Gasteiger partial charge in [0.25, 0.3) is 0 Å².